The van der Waals surface area contributed by atoms with Crippen molar-refractivity contribution in [3.05, 3.63) is 23.1 Å². The molecule has 1 N–H and O–H groups in total. The van der Waals surface area contributed by atoms with Gasteiger partial charge in [-0.05, 0) is 35.9 Å². The Hall–Kier alpha value is -1.00. The van der Waals surface area contributed by atoms with Gasteiger partial charge in [0.25, 0.3) is 5.91 Å². The van der Waals surface area contributed by atoms with Crippen molar-refractivity contribution in [2.45, 2.75) is 19.8 Å². The van der Waals surface area contributed by atoms with Crippen LogP contribution in [0.4, 0.5) is 0 Å². The SMILES string of the molecule is CC1(CNC(=O)c2ccoc2Cl)CCOCC1. The van der Waals surface area contributed by atoms with E-state index in [4.69, 9.17) is 20.8 Å². The van der Waals surface area contributed by atoms with Crippen molar-refractivity contribution < 1.29 is 13.9 Å². The van der Waals surface area contributed by atoms with Crippen molar-refractivity contribution in [2.75, 3.05) is 19.8 Å². The maximum Gasteiger partial charge on any atom is 0.256 e. The third kappa shape index (κ3) is 3.01. The van der Waals surface area contributed by atoms with Crippen molar-refractivity contribution >= 4 is 17.5 Å². The Morgan fingerprint density at radius 3 is 2.82 bits per heavy atom. The fourth-order valence-electron chi connectivity index (χ4n) is 1.89. The standard InChI is InChI=1S/C12H16ClNO3/c1-12(3-6-16-7-4-12)8-14-11(15)9-2-5-17-10(9)13/h2,5H,3-4,6-8H2,1H3,(H,14,15). The third-order valence-electron chi connectivity index (χ3n) is 3.24. The van der Waals surface area contributed by atoms with Crippen LogP contribution in [-0.4, -0.2) is 25.7 Å². The number of rotatable bonds is 3. The highest BCUT2D eigenvalue weighted by atomic mass is 35.5. The summed E-state index contributed by atoms with van der Waals surface area (Å²) in [6, 6.07) is 1.57. The Bertz CT molecular complexity index is 396. The first kappa shape index (κ1) is 12.5. The van der Waals surface area contributed by atoms with Gasteiger partial charge in [0.05, 0.1) is 11.8 Å². The largest absolute Gasteiger partial charge is 0.452 e. The second-order valence-electron chi connectivity index (χ2n) is 4.71. The Morgan fingerprint density at radius 2 is 2.24 bits per heavy atom. The molecule has 17 heavy (non-hydrogen) atoms. The van der Waals surface area contributed by atoms with Crippen LogP contribution in [-0.2, 0) is 4.74 Å². The highest BCUT2D eigenvalue weighted by molar-refractivity contribution is 6.32. The van der Waals surface area contributed by atoms with E-state index in [9.17, 15) is 4.79 Å². The number of nitrogens with one attached hydrogen (secondary N) is 1. The van der Waals surface area contributed by atoms with Gasteiger partial charge in [-0.15, -0.1) is 0 Å². The number of amides is 1. The summed E-state index contributed by atoms with van der Waals surface area (Å²) in [4.78, 5) is 11.8. The highest BCUT2D eigenvalue weighted by Crippen LogP contribution is 2.28. The zero-order chi connectivity index (χ0) is 12.3. The monoisotopic (exact) mass is 257 g/mol. The molecular formula is C12H16ClNO3. The van der Waals surface area contributed by atoms with Crippen LogP contribution in [0.2, 0.25) is 5.22 Å². The molecule has 0 aliphatic carbocycles. The molecular weight excluding hydrogens is 242 g/mol. The number of carbonyl (C=O) groups is 1. The predicted octanol–water partition coefficient (Wildman–Crippen LogP) is 2.48. The van der Waals surface area contributed by atoms with Gasteiger partial charge >= 0.3 is 0 Å². The summed E-state index contributed by atoms with van der Waals surface area (Å²) in [5.41, 5.74) is 0.506. The van der Waals surface area contributed by atoms with Crippen LogP contribution in [0.15, 0.2) is 16.7 Å². The van der Waals surface area contributed by atoms with Crippen molar-refractivity contribution in [3.63, 3.8) is 0 Å². The zero-order valence-corrected chi connectivity index (χ0v) is 10.5. The Kier molecular flexibility index (Phi) is 3.74. The number of halogens is 1. The number of ether oxygens (including phenoxy) is 1. The van der Waals surface area contributed by atoms with Crippen molar-refractivity contribution in [1.82, 2.24) is 5.32 Å². The van der Waals surface area contributed by atoms with Crippen LogP contribution in [0.1, 0.15) is 30.1 Å². The minimum atomic E-state index is -0.184. The first-order valence-corrected chi connectivity index (χ1v) is 6.07. The molecule has 4 nitrogen and oxygen atoms in total. The van der Waals surface area contributed by atoms with Gasteiger partial charge in [-0.2, -0.15) is 0 Å². The van der Waals surface area contributed by atoms with Gasteiger partial charge in [0, 0.05) is 19.8 Å². The molecule has 0 aromatic carbocycles. The lowest BCUT2D eigenvalue weighted by Crippen LogP contribution is -2.39. The van der Waals surface area contributed by atoms with E-state index < -0.39 is 0 Å². The molecule has 1 aromatic heterocycles. The second kappa shape index (κ2) is 5.10. The maximum absolute atomic E-state index is 11.8. The van der Waals surface area contributed by atoms with Crippen LogP contribution in [0.5, 0.6) is 0 Å². The van der Waals surface area contributed by atoms with Gasteiger partial charge in [0.15, 0.2) is 0 Å². The average Bonchev–Trinajstić information content (AvgIpc) is 2.74. The molecule has 1 saturated heterocycles. The Balaban J connectivity index is 1.90. The van der Waals surface area contributed by atoms with E-state index in [1.807, 2.05) is 0 Å². The third-order valence-corrected chi connectivity index (χ3v) is 3.53. The molecule has 1 aromatic rings. The van der Waals surface area contributed by atoms with Gasteiger partial charge < -0.3 is 14.5 Å². The summed E-state index contributed by atoms with van der Waals surface area (Å²) in [5.74, 6) is -0.184. The van der Waals surface area contributed by atoms with Crippen molar-refractivity contribution in [3.8, 4) is 0 Å². The maximum atomic E-state index is 11.8. The summed E-state index contributed by atoms with van der Waals surface area (Å²) < 4.78 is 10.2. The number of furan rings is 1. The smallest absolute Gasteiger partial charge is 0.256 e. The van der Waals surface area contributed by atoms with Crippen LogP contribution in [0.3, 0.4) is 0 Å². The summed E-state index contributed by atoms with van der Waals surface area (Å²) in [7, 11) is 0. The van der Waals surface area contributed by atoms with Gasteiger partial charge in [0.1, 0.15) is 0 Å². The molecule has 5 heteroatoms. The quantitative estimate of drug-likeness (QED) is 0.905. The lowest BCUT2D eigenvalue weighted by molar-refractivity contribution is 0.0238. The minimum absolute atomic E-state index is 0.115. The van der Waals surface area contributed by atoms with Gasteiger partial charge in [-0.25, -0.2) is 0 Å². The Morgan fingerprint density at radius 1 is 1.53 bits per heavy atom. The molecule has 1 aliphatic heterocycles. The van der Waals surface area contributed by atoms with Crippen molar-refractivity contribution in [2.24, 2.45) is 5.41 Å². The van der Waals surface area contributed by atoms with E-state index in [2.05, 4.69) is 12.2 Å². The van der Waals surface area contributed by atoms with E-state index in [1.165, 1.54) is 6.26 Å². The van der Waals surface area contributed by atoms with E-state index in [0.717, 1.165) is 26.1 Å². The van der Waals surface area contributed by atoms with Crippen molar-refractivity contribution in [1.29, 1.82) is 0 Å². The number of hydrogen-bond donors (Lipinski definition) is 1. The molecule has 1 aliphatic rings. The van der Waals surface area contributed by atoms with Gasteiger partial charge in [-0.1, -0.05) is 6.92 Å². The summed E-state index contributed by atoms with van der Waals surface area (Å²) in [5, 5.41) is 3.04. The number of hydrogen-bond acceptors (Lipinski definition) is 3. The topological polar surface area (TPSA) is 51.5 Å². The molecule has 1 fully saturated rings. The molecule has 0 saturated carbocycles. The molecule has 2 rings (SSSR count). The molecule has 2 heterocycles. The van der Waals surface area contributed by atoms with E-state index >= 15 is 0 Å². The Labute approximate surface area is 105 Å². The summed E-state index contributed by atoms with van der Waals surface area (Å²) in [6.07, 6.45) is 3.34. The molecule has 0 bridgehead atoms. The molecule has 0 atom stereocenters. The van der Waals surface area contributed by atoms with E-state index in [-0.39, 0.29) is 16.5 Å². The summed E-state index contributed by atoms with van der Waals surface area (Å²) >= 11 is 5.74. The van der Waals surface area contributed by atoms with E-state index in [0.29, 0.717) is 12.1 Å². The second-order valence-corrected chi connectivity index (χ2v) is 5.06. The number of carbonyl (C=O) groups excluding carboxylic acids is 1. The minimum Gasteiger partial charge on any atom is -0.452 e. The fraction of sp³-hybridized carbons (Fsp3) is 0.583. The first-order valence-electron chi connectivity index (χ1n) is 5.70. The van der Waals surface area contributed by atoms with Gasteiger partial charge in [0.2, 0.25) is 5.22 Å². The lowest BCUT2D eigenvalue weighted by Gasteiger charge is -2.33. The van der Waals surface area contributed by atoms with Crippen LogP contribution < -0.4 is 5.32 Å². The first-order chi connectivity index (χ1) is 8.11. The highest BCUT2D eigenvalue weighted by Gasteiger charge is 2.28. The van der Waals surface area contributed by atoms with Gasteiger partial charge in [-0.3, -0.25) is 4.79 Å². The van der Waals surface area contributed by atoms with E-state index in [1.54, 1.807) is 6.07 Å². The van der Waals surface area contributed by atoms with Crippen LogP contribution in [0.25, 0.3) is 0 Å². The fourth-order valence-corrected chi connectivity index (χ4v) is 2.09. The lowest BCUT2D eigenvalue weighted by atomic mass is 9.82. The summed E-state index contributed by atoms with van der Waals surface area (Å²) in [6.45, 7) is 4.32. The molecule has 1 amide bonds. The normalized spacial score (nSPS) is 18.9. The zero-order valence-electron chi connectivity index (χ0n) is 9.79. The molecule has 0 unspecified atom stereocenters. The van der Waals surface area contributed by atoms with Crippen LogP contribution in [0, 0.1) is 5.41 Å². The predicted molar refractivity (Wildman–Crippen MR) is 64.2 cm³/mol. The molecule has 94 valence electrons. The average molecular weight is 258 g/mol. The molecule has 0 radical (unpaired) electrons. The van der Waals surface area contributed by atoms with Crippen LogP contribution >= 0.6 is 11.6 Å². The molecule has 0 spiro atoms.